The molecule has 0 bridgehead atoms. The Labute approximate surface area is 225 Å². The number of rotatable bonds is 5. The van der Waals surface area contributed by atoms with Crippen LogP contribution >= 0.6 is 0 Å². The molecule has 0 atom stereocenters. The normalized spacial score (nSPS) is 14.2. The average Bonchev–Trinajstić information content (AvgIpc) is 3.33. The molecule has 0 fully saturated rings. The number of hydrogen-bond acceptors (Lipinski definition) is 0. The molecule has 0 spiro atoms. The van der Waals surface area contributed by atoms with Crippen LogP contribution in [0.3, 0.4) is 0 Å². The molecule has 36 heavy (non-hydrogen) atoms. The van der Waals surface area contributed by atoms with Gasteiger partial charge in [0.2, 0.25) is 0 Å². The van der Waals surface area contributed by atoms with Gasteiger partial charge in [-0.15, -0.1) is 23.3 Å². The Morgan fingerprint density at radius 2 is 0.750 bits per heavy atom. The molecule has 0 aliphatic heterocycles. The zero-order valence-corrected chi connectivity index (χ0v) is 20.4. The number of allylic oxidation sites excluding steroid dienone is 4. The van der Waals surface area contributed by atoms with Gasteiger partial charge in [-0.3, -0.25) is 0 Å². The molecule has 6 rings (SSSR count). The van der Waals surface area contributed by atoms with E-state index in [0.29, 0.717) is 0 Å². The molecule has 0 amide bonds. The van der Waals surface area contributed by atoms with Gasteiger partial charge in [-0.05, 0) is 16.7 Å². The van der Waals surface area contributed by atoms with Crippen molar-refractivity contribution < 1.29 is 18.9 Å². The molecule has 0 radical (unpaired) electrons. The molecule has 0 saturated carbocycles. The SMILES string of the molecule is [C-]1=C(c2ccccc2)C(c2ccccc2)=C(c2ccccc2)C1(c1ccccc1)c1ccccc1.[Li+]. The van der Waals surface area contributed by atoms with Crippen LogP contribution in [-0.4, -0.2) is 0 Å². The summed E-state index contributed by atoms with van der Waals surface area (Å²) in [6, 6.07) is 53.9. The molecule has 0 unspecified atom stereocenters. The third-order valence-corrected chi connectivity index (χ3v) is 6.79. The van der Waals surface area contributed by atoms with Crippen molar-refractivity contribution in [2.24, 2.45) is 0 Å². The number of hydrogen-bond donors (Lipinski definition) is 0. The second-order valence-electron chi connectivity index (χ2n) is 8.83. The maximum Gasteiger partial charge on any atom is 1.00 e. The summed E-state index contributed by atoms with van der Waals surface area (Å²) >= 11 is 0. The Hall–Kier alpha value is -3.82. The topological polar surface area (TPSA) is 0 Å². The molecular weight excluding hydrogens is 427 g/mol. The van der Waals surface area contributed by atoms with Crippen molar-refractivity contribution in [3.8, 4) is 0 Å². The van der Waals surface area contributed by atoms with Gasteiger partial charge in [-0.2, -0.15) is 11.6 Å². The van der Waals surface area contributed by atoms with Crippen molar-refractivity contribution in [1.82, 2.24) is 0 Å². The van der Waals surface area contributed by atoms with Crippen molar-refractivity contribution in [3.63, 3.8) is 0 Å². The van der Waals surface area contributed by atoms with Crippen LogP contribution in [0.2, 0.25) is 0 Å². The van der Waals surface area contributed by atoms with Gasteiger partial charge >= 0.3 is 18.9 Å². The molecular formula is C35H25Li. The minimum Gasteiger partial charge on any atom is -0.180 e. The van der Waals surface area contributed by atoms with E-state index in [2.05, 4.69) is 158 Å². The van der Waals surface area contributed by atoms with E-state index in [-0.39, 0.29) is 18.9 Å². The summed E-state index contributed by atoms with van der Waals surface area (Å²) in [4.78, 5) is 0. The van der Waals surface area contributed by atoms with Gasteiger partial charge in [0.1, 0.15) is 0 Å². The summed E-state index contributed by atoms with van der Waals surface area (Å²) in [6.07, 6.45) is 4.09. The maximum absolute atomic E-state index is 4.09. The minimum atomic E-state index is -0.555. The molecule has 0 nitrogen and oxygen atoms in total. The monoisotopic (exact) mass is 452 g/mol. The van der Waals surface area contributed by atoms with Crippen LogP contribution in [0.4, 0.5) is 0 Å². The second-order valence-corrected chi connectivity index (χ2v) is 8.83. The van der Waals surface area contributed by atoms with Gasteiger partial charge in [0, 0.05) is 5.41 Å². The van der Waals surface area contributed by atoms with Crippen molar-refractivity contribution in [2.75, 3.05) is 0 Å². The first-order valence-corrected chi connectivity index (χ1v) is 12.1. The van der Waals surface area contributed by atoms with Crippen LogP contribution < -0.4 is 18.9 Å². The minimum absolute atomic E-state index is 0. The van der Waals surface area contributed by atoms with Crippen molar-refractivity contribution in [3.05, 3.63) is 186 Å². The molecule has 1 heteroatoms. The van der Waals surface area contributed by atoms with E-state index in [1.807, 2.05) is 0 Å². The van der Waals surface area contributed by atoms with E-state index in [4.69, 9.17) is 0 Å². The average molecular weight is 453 g/mol. The molecule has 0 aromatic heterocycles. The molecule has 166 valence electrons. The molecule has 1 aliphatic carbocycles. The van der Waals surface area contributed by atoms with E-state index in [0.717, 1.165) is 5.57 Å². The number of benzene rings is 5. The van der Waals surface area contributed by atoms with E-state index < -0.39 is 5.41 Å². The fourth-order valence-electron chi connectivity index (χ4n) is 5.28. The van der Waals surface area contributed by atoms with Gasteiger partial charge in [-0.1, -0.05) is 151 Å². The van der Waals surface area contributed by atoms with Crippen LogP contribution in [-0.2, 0) is 5.41 Å². The second kappa shape index (κ2) is 10.4. The summed E-state index contributed by atoms with van der Waals surface area (Å²) in [7, 11) is 0. The van der Waals surface area contributed by atoms with Crippen molar-refractivity contribution in [2.45, 2.75) is 5.41 Å². The predicted octanol–water partition coefficient (Wildman–Crippen LogP) is 5.49. The predicted molar refractivity (Wildman–Crippen MR) is 146 cm³/mol. The molecule has 1 aliphatic rings. The first-order chi connectivity index (χ1) is 17.4. The smallest absolute Gasteiger partial charge is 0.180 e. The molecule has 0 N–H and O–H groups in total. The Morgan fingerprint density at radius 3 is 1.19 bits per heavy atom. The zero-order valence-electron chi connectivity index (χ0n) is 20.4. The summed E-state index contributed by atoms with van der Waals surface area (Å²) in [5, 5.41) is 0. The van der Waals surface area contributed by atoms with Crippen LogP contribution in [0.25, 0.3) is 16.7 Å². The first kappa shape index (κ1) is 23.9. The van der Waals surface area contributed by atoms with Crippen LogP contribution in [0.1, 0.15) is 27.8 Å². The molecule has 5 aromatic rings. The van der Waals surface area contributed by atoms with Crippen molar-refractivity contribution in [1.29, 1.82) is 0 Å². The van der Waals surface area contributed by atoms with E-state index in [9.17, 15) is 0 Å². The summed E-state index contributed by atoms with van der Waals surface area (Å²) < 4.78 is 0. The van der Waals surface area contributed by atoms with E-state index in [1.165, 1.54) is 39.0 Å². The maximum atomic E-state index is 4.09. The quantitative estimate of drug-likeness (QED) is 0.244. The largest absolute Gasteiger partial charge is 1.00 e. The Balaban J connectivity index is 0.00000267. The summed E-state index contributed by atoms with van der Waals surface area (Å²) in [6.45, 7) is 0. The Kier molecular flexibility index (Phi) is 6.92. The van der Waals surface area contributed by atoms with Crippen LogP contribution in [0, 0.1) is 6.08 Å². The van der Waals surface area contributed by atoms with Crippen LogP contribution in [0.5, 0.6) is 0 Å². The zero-order chi connectivity index (χ0) is 23.5. The Morgan fingerprint density at radius 1 is 0.389 bits per heavy atom. The van der Waals surface area contributed by atoms with Gasteiger partial charge in [-0.25, -0.2) is 0 Å². The summed E-state index contributed by atoms with van der Waals surface area (Å²) in [5.41, 5.74) is 9.09. The van der Waals surface area contributed by atoms with E-state index in [1.54, 1.807) is 0 Å². The Bertz CT molecular complexity index is 1440. The summed E-state index contributed by atoms with van der Waals surface area (Å²) in [5.74, 6) is 0. The third-order valence-electron chi connectivity index (χ3n) is 6.79. The fourth-order valence-corrected chi connectivity index (χ4v) is 5.28. The van der Waals surface area contributed by atoms with Gasteiger partial charge < -0.3 is 0 Å². The molecule has 5 aromatic carbocycles. The standard InChI is InChI=1S/C35H25.Li/c1-6-16-27(17-7-1)32-26-35(30-22-12-4-13-23-30,31-24-14-5-15-25-31)34(29-20-10-3-11-21-29)33(32)28-18-8-2-9-19-28;/h1-25H;/q-1;+1. The van der Waals surface area contributed by atoms with E-state index >= 15 is 0 Å². The van der Waals surface area contributed by atoms with Gasteiger partial charge in [0.15, 0.2) is 0 Å². The fraction of sp³-hybridized carbons (Fsp3) is 0.0286. The molecule has 0 heterocycles. The molecule has 0 saturated heterocycles. The van der Waals surface area contributed by atoms with Gasteiger partial charge in [0.25, 0.3) is 0 Å². The van der Waals surface area contributed by atoms with Gasteiger partial charge in [0.05, 0.1) is 0 Å². The third kappa shape index (κ3) is 4.10. The first-order valence-electron chi connectivity index (χ1n) is 12.1. The van der Waals surface area contributed by atoms with Crippen LogP contribution in [0.15, 0.2) is 152 Å². The van der Waals surface area contributed by atoms with Crippen molar-refractivity contribution >= 4 is 16.7 Å².